The highest BCUT2D eigenvalue weighted by molar-refractivity contribution is 7.99. The number of benzene rings is 3. The maximum absolute atomic E-state index is 13.6. The summed E-state index contributed by atoms with van der Waals surface area (Å²) < 4.78 is 0. The van der Waals surface area contributed by atoms with Crippen molar-refractivity contribution in [3.05, 3.63) is 107 Å². The van der Waals surface area contributed by atoms with Crippen molar-refractivity contribution in [3.63, 3.8) is 0 Å². The predicted molar refractivity (Wildman–Crippen MR) is 146 cm³/mol. The second-order valence-corrected chi connectivity index (χ2v) is 9.99. The van der Waals surface area contributed by atoms with Crippen LogP contribution < -0.4 is 5.32 Å². The van der Waals surface area contributed by atoms with Crippen molar-refractivity contribution < 1.29 is 9.59 Å². The van der Waals surface area contributed by atoms with Gasteiger partial charge in [-0.15, -0.1) is 11.8 Å². The molecule has 3 rings (SSSR count). The highest BCUT2D eigenvalue weighted by Crippen LogP contribution is 2.19. The topological polar surface area (TPSA) is 49.4 Å². The first-order chi connectivity index (χ1) is 17.0. The zero-order valence-corrected chi connectivity index (χ0v) is 21.8. The van der Waals surface area contributed by atoms with E-state index in [1.807, 2.05) is 74.5 Å². The fourth-order valence-electron chi connectivity index (χ4n) is 3.80. The number of aryl methyl sites for hydroxylation is 1. The average Bonchev–Trinajstić information content (AvgIpc) is 2.88. The quantitative estimate of drug-likeness (QED) is 0.351. The monoisotopic (exact) mass is 488 g/mol. The molecule has 0 spiro atoms. The van der Waals surface area contributed by atoms with E-state index in [0.29, 0.717) is 18.7 Å². The van der Waals surface area contributed by atoms with Crippen LogP contribution in [-0.4, -0.2) is 34.6 Å². The highest BCUT2D eigenvalue weighted by Gasteiger charge is 2.30. The number of thioether (sulfide) groups is 1. The SMILES string of the molecule is CC[C@@H](C)NC(=O)[C@@H](Cc1ccccc1)N(Cc1ccccc1)C(=O)CSCc1ccc(C)cc1. The number of carbonyl (C=O) groups excluding carboxylic acids is 2. The van der Waals surface area contributed by atoms with E-state index < -0.39 is 6.04 Å². The van der Waals surface area contributed by atoms with Crippen LogP contribution in [0.25, 0.3) is 0 Å². The number of rotatable bonds is 12. The molecule has 0 aliphatic carbocycles. The average molecular weight is 489 g/mol. The van der Waals surface area contributed by atoms with Crippen LogP contribution in [0, 0.1) is 6.92 Å². The number of hydrogen-bond acceptors (Lipinski definition) is 3. The summed E-state index contributed by atoms with van der Waals surface area (Å²) in [5.41, 5.74) is 4.46. The molecule has 3 aromatic rings. The van der Waals surface area contributed by atoms with Crippen LogP contribution in [-0.2, 0) is 28.3 Å². The van der Waals surface area contributed by atoms with E-state index in [1.165, 1.54) is 11.1 Å². The van der Waals surface area contributed by atoms with Crippen molar-refractivity contribution in [1.82, 2.24) is 10.2 Å². The number of nitrogens with zero attached hydrogens (tertiary/aromatic N) is 1. The van der Waals surface area contributed by atoms with Crippen LogP contribution in [0.3, 0.4) is 0 Å². The summed E-state index contributed by atoms with van der Waals surface area (Å²) in [6, 6.07) is 27.7. The standard InChI is InChI=1S/C30H36N2O2S/c1-4-24(3)31-30(34)28(19-25-11-7-5-8-12-25)32(20-26-13-9-6-10-14-26)29(33)22-35-21-27-17-15-23(2)16-18-27/h5-18,24,28H,4,19-22H2,1-3H3,(H,31,34)/t24-,28-/m1/s1. The first-order valence-electron chi connectivity index (χ1n) is 12.3. The van der Waals surface area contributed by atoms with Gasteiger partial charge in [-0.3, -0.25) is 9.59 Å². The Morgan fingerprint density at radius 2 is 1.46 bits per heavy atom. The normalized spacial score (nSPS) is 12.5. The third-order valence-electron chi connectivity index (χ3n) is 6.08. The maximum Gasteiger partial charge on any atom is 0.243 e. The Kier molecular flexibility index (Phi) is 10.4. The third-order valence-corrected chi connectivity index (χ3v) is 7.07. The second-order valence-electron chi connectivity index (χ2n) is 9.01. The largest absolute Gasteiger partial charge is 0.352 e. The minimum absolute atomic E-state index is 0.0220. The van der Waals surface area contributed by atoms with E-state index in [2.05, 4.69) is 36.5 Å². The van der Waals surface area contributed by atoms with Crippen molar-refractivity contribution in [3.8, 4) is 0 Å². The minimum atomic E-state index is -0.584. The molecule has 0 saturated heterocycles. The summed E-state index contributed by atoms with van der Waals surface area (Å²) in [5.74, 6) is 0.957. The molecule has 0 heterocycles. The zero-order chi connectivity index (χ0) is 25.0. The van der Waals surface area contributed by atoms with Gasteiger partial charge in [-0.05, 0) is 37.0 Å². The van der Waals surface area contributed by atoms with E-state index >= 15 is 0 Å². The van der Waals surface area contributed by atoms with Crippen molar-refractivity contribution in [1.29, 1.82) is 0 Å². The lowest BCUT2D eigenvalue weighted by Gasteiger charge is -2.32. The van der Waals surface area contributed by atoms with Gasteiger partial charge in [0, 0.05) is 24.8 Å². The van der Waals surface area contributed by atoms with Crippen molar-refractivity contribution in [2.45, 2.75) is 58.0 Å². The molecule has 2 amide bonds. The smallest absolute Gasteiger partial charge is 0.243 e. The Balaban J connectivity index is 1.82. The van der Waals surface area contributed by atoms with Crippen LogP contribution in [0.5, 0.6) is 0 Å². The summed E-state index contributed by atoms with van der Waals surface area (Å²) in [6.45, 7) is 6.51. The Hall–Kier alpha value is -3.05. The van der Waals surface area contributed by atoms with Crippen LogP contribution in [0.2, 0.25) is 0 Å². The molecule has 0 fully saturated rings. The summed E-state index contributed by atoms with van der Waals surface area (Å²) in [7, 11) is 0. The fourth-order valence-corrected chi connectivity index (χ4v) is 4.67. The Bertz CT molecular complexity index is 1050. The number of hydrogen-bond donors (Lipinski definition) is 1. The van der Waals surface area contributed by atoms with Gasteiger partial charge in [0.05, 0.1) is 5.75 Å². The molecule has 4 nitrogen and oxygen atoms in total. The molecule has 3 aromatic carbocycles. The summed E-state index contributed by atoms with van der Waals surface area (Å²) in [6.07, 6.45) is 1.31. The Morgan fingerprint density at radius 3 is 2.06 bits per heavy atom. The minimum Gasteiger partial charge on any atom is -0.352 e. The van der Waals surface area contributed by atoms with E-state index in [-0.39, 0.29) is 17.9 Å². The first kappa shape index (κ1) is 26.6. The van der Waals surface area contributed by atoms with Gasteiger partial charge in [0.15, 0.2) is 0 Å². The number of amides is 2. The molecule has 0 saturated carbocycles. The molecule has 1 N–H and O–H groups in total. The number of carbonyl (C=O) groups is 2. The van der Waals surface area contributed by atoms with E-state index in [9.17, 15) is 9.59 Å². The second kappa shape index (κ2) is 13.7. The molecule has 2 atom stereocenters. The Morgan fingerprint density at radius 1 is 0.857 bits per heavy atom. The molecule has 0 radical (unpaired) electrons. The molecule has 0 aliphatic rings. The molecule has 5 heteroatoms. The van der Waals surface area contributed by atoms with Gasteiger partial charge < -0.3 is 10.2 Å². The zero-order valence-electron chi connectivity index (χ0n) is 20.9. The van der Waals surface area contributed by atoms with E-state index in [4.69, 9.17) is 0 Å². The van der Waals surface area contributed by atoms with Crippen LogP contribution in [0.4, 0.5) is 0 Å². The summed E-state index contributed by atoms with van der Waals surface area (Å²) in [4.78, 5) is 28.8. The van der Waals surface area contributed by atoms with Gasteiger partial charge in [0.1, 0.15) is 6.04 Å². The van der Waals surface area contributed by atoms with Crippen LogP contribution in [0.15, 0.2) is 84.9 Å². The van der Waals surface area contributed by atoms with E-state index in [0.717, 1.165) is 23.3 Å². The van der Waals surface area contributed by atoms with E-state index in [1.54, 1.807) is 16.7 Å². The molecular weight excluding hydrogens is 452 g/mol. The maximum atomic E-state index is 13.6. The van der Waals surface area contributed by atoms with Gasteiger partial charge in [-0.2, -0.15) is 0 Å². The lowest BCUT2D eigenvalue weighted by Crippen LogP contribution is -2.52. The number of nitrogens with one attached hydrogen (secondary N) is 1. The molecule has 0 aliphatic heterocycles. The van der Waals surface area contributed by atoms with Gasteiger partial charge >= 0.3 is 0 Å². The summed E-state index contributed by atoms with van der Waals surface area (Å²) >= 11 is 1.59. The third kappa shape index (κ3) is 8.59. The van der Waals surface area contributed by atoms with Crippen molar-refractivity contribution in [2.75, 3.05) is 5.75 Å². The van der Waals surface area contributed by atoms with Gasteiger partial charge in [-0.1, -0.05) is 97.4 Å². The van der Waals surface area contributed by atoms with Gasteiger partial charge in [0.25, 0.3) is 0 Å². The molecule has 0 bridgehead atoms. The lowest BCUT2D eigenvalue weighted by molar-refractivity contribution is -0.139. The molecule has 35 heavy (non-hydrogen) atoms. The molecular formula is C30H36N2O2S. The first-order valence-corrected chi connectivity index (χ1v) is 13.4. The fraction of sp³-hybridized carbons (Fsp3) is 0.333. The Labute approximate surface area is 214 Å². The molecule has 0 aromatic heterocycles. The lowest BCUT2D eigenvalue weighted by atomic mass is 10.0. The van der Waals surface area contributed by atoms with Gasteiger partial charge in [0.2, 0.25) is 11.8 Å². The van der Waals surface area contributed by atoms with Gasteiger partial charge in [-0.25, -0.2) is 0 Å². The molecule has 184 valence electrons. The highest BCUT2D eigenvalue weighted by atomic mass is 32.2. The predicted octanol–water partition coefficient (Wildman–Crippen LogP) is 5.78. The molecule has 0 unspecified atom stereocenters. The van der Waals surface area contributed by atoms with Crippen LogP contribution in [0.1, 0.15) is 42.5 Å². The van der Waals surface area contributed by atoms with Crippen LogP contribution >= 0.6 is 11.8 Å². The van der Waals surface area contributed by atoms with Crippen molar-refractivity contribution >= 4 is 23.6 Å². The van der Waals surface area contributed by atoms with Crippen molar-refractivity contribution in [2.24, 2.45) is 0 Å². The summed E-state index contributed by atoms with van der Waals surface area (Å²) in [5, 5.41) is 3.12.